The van der Waals surface area contributed by atoms with Gasteiger partial charge in [0.2, 0.25) is 0 Å². The Morgan fingerprint density at radius 2 is 2.43 bits per heavy atom. The van der Waals surface area contributed by atoms with Crippen LogP contribution in [-0.2, 0) is 6.54 Å². The number of carbonyl (C=O) groups is 1. The van der Waals surface area contributed by atoms with E-state index in [0.717, 1.165) is 50.3 Å². The third-order valence-electron chi connectivity index (χ3n) is 3.95. The maximum absolute atomic E-state index is 12.5. The fraction of sp³-hybridized carbons (Fsp3) is 0.533. The van der Waals surface area contributed by atoms with Crippen molar-refractivity contribution in [3.63, 3.8) is 0 Å². The topological polar surface area (TPSA) is 51.0 Å². The van der Waals surface area contributed by atoms with Gasteiger partial charge in [0.15, 0.2) is 0 Å². The maximum atomic E-state index is 12.5. The quantitative estimate of drug-likeness (QED) is 0.872. The molecule has 1 aliphatic rings. The van der Waals surface area contributed by atoms with Crippen LogP contribution in [0.4, 0.5) is 0 Å². The molecule has 0 radical (unpaired) electrons. The number of hydrogen-bond acceptors (Lipinski definition) is 4. The Labute approximate surface area is 128 Å². The first-order valence-electron chi connectivity index (χ1n) is 7.48. The SMILES string of the molecule is CCCn1cnnc1C1CCCN(C(=O)c2ccsc2)C1. The number of rotatable bonds is 4. The zero-order valence-electron chi connectivity index (χ0n) is 12.2. The smallest absolute Gasteiger partial charge is 0.254 e. The summed E-state index contributed by atoms with van der Waals surface area (Å²) in [5, 5.41) is 12.2. The van der Waals surface area contributed by atoms with Gasteiger partial charge in [0.05, 0.1) is 5.56 Å². The molecule has 1 fully saturated rings. The third kappa shape index (κ3) is 3.00. The number of hydrogen-bond donors (Lipinski definition) is 0. The van der Waals surface area contributed by atoms with Crippen LogP contribution in [-0.4, -0.2) is 38.7 Å². The monoisotopic (exact) mass is 304 g/mol. The minimum Gasteiger partial charge on any atom is -0.338 e. The third-order valence-corrected chi connectivity index (χ3v) is 4.64. The Balaban J connectivity index is 1.73. The first kappa shape index (κ1) is 14.3. The van der Waals surface area contributed by atoms with Crippen molar-refractivity contribution in [2.45, 2.75) is 38.6 Å². The van der Waals surface area contributed by atoms with E-state index in [2.05, 4.69) is 21.7 Å². The number of likely N-dealkylation sites (tertiary alicyclic amines) is 1. The molecule has 0 aromatic carbocycles. The van der Waals surface area contributed by atoms with Gasteiger partial charge in [-0.2, -0.15) is 11.3 Å². The number of aromatic nitrogens is 3. The van der Waals surface area contributed by atoms with Crippen molar-refractivity contribution in [2.24, 2.45) is 0 Å². The van der Waals surface area contributed by atoms with Crippen LogP contribution >= 0.6 is 11.3 Å². The molecule has 21 heavy (non-hydrogen) atoms. The summed E-state index contributed by atoms with van der Waals surface area (Å²) in [6.45, 7) is 4.68. The average molecular weight is 304 g/mol. The summed E-state index contributed by atoms with van der Waals surface area (Å²) in [6.07, 6.45) is 4.98. The van der Waals surface area contributed by atoms with Gasteiger partial charge in [-0.05, 0) is 30.7 Å². The molecule has 6 heteroatoms. The molecule has 0 aliphatic carbocycles. The molecule has 3 rings (SSSR count). The molecule has 2 aromatic rings. The highest BCUT2D eigenvalue weighted by Crippen LogP contribution is 2.26. The van der Waals surface area contributed by atoms with Crippen LogP contribution in [0.3, 0.4) is 0 Å². The van der Waals surface area contributed by atoms with Gasteiger partial charge in [0.1, 0.15) is 12.2 Å². The van der Waals surface area contributed by atoms with Gasteiger partial charge in [-0.3, -0.25) is 4.79 Å². The molecule has 3 heterocycles. The number of piperidine rings is 1. The second kappa shape index (κ2) is 6.39. The lowest BCUT2D eigenvalue weighted by molar-refractivity contribution is 0.0703. The first-order valence-corrected chi connectivity index (χ1v) is 8.43. The van der Waals surface area contributed by atoms with Crippen LogP contribution in [0.5, 0.6) is 0 Å². The van der Waals surface area contributed by atoms with Crippen LogP contribution in [0.25, 0.3) is 0 Å². The van der Waals surface area contributed by atoms with Crippen molar-refractivity contribution in [3.05, 3.63) is 34.5 Å². The van der Waals surface area contributed by atoms with Crippen molar-refractivity contribution in [3.8, 4) is 0 Å². The van der Waals surface area contributed by atoms with E-state index in [1.165, 1.54) is 0 Å². The number of thiophene rings is 1. The van der Waals surface area contributed by atoms with Gasteiger partial charge in [-0.15, -0.1) is 10.2 Å². The number of nitrogens with zero attached hydrogens (tertiary/aromatic N) is 4. The molecule has 0 bridgehead atoms. The van der Waals surface area contributed by atoms with Gasteiger partial charge in [0.25, 0.3) is 5.91 Å². The Bertz CT molecular complexity index is 593. The zero-order chi connectivity index (χ0) is 14.7. The molecule has 1 atom stereocenters. The van der Waals surface area contributed by atoms with Gasteiger partial charge in [-0.1, -0.05) is 6.92 Å². The molecule has 1 aliphatic heterocycles. The van der Waals surface area contributed by atoms with Crippen LogP contribution in [0.2, 0.25) is 0 Å². The van der Waals surface area contributed by atoms with Crippen molar-refractivity contribution in [1.82, 2.24) is 19.7 Å². The molecule has 112 valence electrons. The van der Waals surface area contributed by atoms with E-state index in [4.69, 9.17) is 0 Å². The van der Waals surface area contributed by atoms with Gasteiger partial charge in [0, 0.05) is 30.9 Å². The van der Waals surface area contributed by atoms with Gasteiger partial charge < -0.3 is 9.47 Å². The summed E-state index contributed by atoms with van der Waals surface area (Å²) < 4.78 is 2.13. The van der Waals surface area contributed by atoms with Crippen LogP contribution in [0.15, 0.2) is 23.2 Å². The first-order chi connectivity index (χ1) is 10.3. The molecular weight excluding hydrogens is 284 g/mol. The summed E-state index contributed by atoms with van der Waals surface area (Å²) >= 11 is 1.57. The minimum atomic E-state index is 0.141. The highest BCUT2D eigenvalue weighted by atomic mass is 32.1. The fourth-order valence-corrected chi connectivity index (χ4v) is 3.56. The number of carbonyl (C=O) groups excluding carboxylic acids is 1. The zero-order valence-corrected chi connectivity index (χ0v) is 13.1. The van der Waals surface area contributed by atoms with Gasteiger partial charge >= 0.3 is 0 Å². The summed E-state index contributed by atoms with van der Waals surface area (Å²) in [7, 11) is 0. The van der Waals surface area contributed by atoms with Crippen molar-refractivity contribution in [1.29, 1.82) is 0 Å². The molecule has 2 aromatic heterocycles. The molecule has 1 unspecified atom stereocenters. The lowest BCUT2D eigenvalue weighted by atomic mass is 9.96. The van der Waals surface area contributed by atoms with Crippen molar-refractivity contribution >= 4 is 17.2 Å². The minimum absolute atomic E-state index is 0.141. The molecule has 1 saturated heterocycles. The van der Waals surface area contributed by atoms with Crippen LogP contribution in [0, 0.1) is 0 Å². The normalized spacial score (nSPS) is 18.9. The van der Waals surface area contributed by atoms with E-state index in [0.29, 0.717) is 5.92 Å². The Morgan fingerprint density at radius 1 is 1.52 bits per heavy atom. The molecule has 1 amide bonds. The standard InChI is InChI=1S/C15H20N4OS/c1-2-6-19-11-16-17-14(19)12-4-3-7-18(9-12)15(20)13-5-8-21-10-13/h5,8,10-12H,2-4,6-7,9H2,1H3. The van der Waals surface area contributed by atoms with E-state index in [1.54, 1.807) is 17.7 Å². The molecular formula is C15H20N4OS. The predicted octanol–water partition coefficient (Wildman–Crippen LogP) is 2.77. The summed E-state index contributed by atoms with van der Waals surface area (Å²) in [5.41, 5.74) is 0.802. The van der Waals surface area contributed by atoms with Gasteiger partial charge in [-0.25, -0.2) is 0 Å². The van der Waals surface area contributed by atoms with E-state index in [1.807, 2.05) is 21.7 Å². The largest absolute Gasteiger partial charge is 0.338 e. The predicted molar refractivity (Wildman–Crippen MR) is 82.5 cm³/mol. The van der Waals surface area contributed by atoms with E-state index < -0.39 is 0 Å². The second-order valence-corrected chi connectivity index (χ2v) is 6.26. The molecule has 0 saturated carbocycles. The Hall–Kier alpha value is -1.69. The summed E-state index contributed by atoms with van der Waals surface area (Å²) in [6, 6.07) is 1.90. The van der Waals surface area contributed by atoms with E-state index >= 15 is 0 Å². The summed E-state index contributed by atoms with van der Waals surface area (Å²) in [5.74, 6) is 1.47. The average Bonchev–Trinajstić information content (AvgIpc) is 3.18. The van der Waals surface area contributed by atoms with Crippen LogP contribution < -0.4 is 0 Å². The molecule has 0 N–H and O–H groups in total. The Kier molecular flexibility index (Phi) is 4.34. The highest BCUT2D eigenvalue weighted by Gasteiger charge is 2.28. The van der Waals surface area contributed by atoms with E-state index in [9.17, 15) is 4.79 Å². The van der Waals surface area contributed by atoms with Crippen molar-refractivity contribution in [2.75, 3.05) is 13.1 Å². The van der Waals surface area contributed by atoms with Crippen molar-refractivity contribution < 1.29 is 4.79 Å². The number of aryl methyl sites for hydroxylation is 1. The maximum Gasteiger partial charge on any atom is 0.254 e. The fourth-order valence-electron chi connectivity index (χ4n) is 2.93. The lowest BCUT2D eigenvalue weighted by Crippen LogP contribution is -2.39. The Morgan fingerprint density at radius 3 is 3.19 bits per heavy atom. The molecule has 0 spiro atoms. The lowest BCUT2D eigenvalue weighted by Gasteiger charge is -2.32. The van der Waals surface area contributed by atoms with E-state index in [-0.39, 0.29) is 5.91 Å². The van der Waals surface area contributed by atoms with Crippen LogP contribution in [0.1, 0.15) is 48.3 Å². The highest BCUT2D eigenvalue weighted by molar-refractivity contribution is 7.08. The number of amides is 1. The second-order valence-electron chi connectivity index (χ2n) is 5.48. The molecule has 5 nitrogen and oxygen atoms in total. The summed E-state index contributed by atoms with van der Waals surface area (Å²) in [4.78, 5) is 14.4.